The summed E-state index contributed by atoms with van der Waals surface area (Å²) >= 11 is 1.41. The Bertz CT molecular complexity index is 1370. The number of amides is 1. The number of thiophene rings is 1. The van der Waals surface area contributed by atoms with E-state index in [1.165, 1.54) is 40.4 Å². The van der Waals surface area contributed by atoms with Crippen molar-refractivity contribution >= 4 is 33.1 Å². The second-order valence-corrected chi connectivity index (χ2v) is 8.58. The monoisotopic (exact) mass is 481 g/mol. The summed E-state index contributed by atoms with van der Waals surface area (Å²) in [6.07, 6.45) is 1.46. The van der Waals surface area contributed by atoms with Gasteiger partial charge in [0.2, 0.25) is 5.91 Å². The van der Waals surface area contributed by atoms with E-state index in [2.05, 4.69) is 10.3 Å². The van der Waals surface area contributed by atoms with Crippen molar-refractivity contribution in [2.24, 2.45) is 0 Å². The van der Waals surface area contributed by atoms with Crippen molar-refractivity contribution in [3.05, 3.63) is 75.9 Å². The van der Waals surface area contributed by atoms with Crippen molar-refractivity contribution in [2.75, 3.05) is 25.6 Å². The van der Waals surface area contributed by atoms with Crippen molar-refractivity contribution in [1.82, 2.24) is 9.55 Å². The maximum absolute atomic E-state index is 13.7. The van der Waals surface area contributed by atoms with Gasteiger partial charge in [0, 0.05) is 37.1 Å². The van der Waals surface area contributed by atoms with Gasteiger partial charge in [0.15, 0.2) is 0 Å². The molecule has 0 aliphatic heterocycles. The first-order valence-electron chi connectivity index (χ1n) is 10.7. The molecule has 9 heteroatoms. The van der Waals surface area contributed by atoms with Crippen LogP contribution in [0.25, 0.3) is 21.3 Å². The van der Waals surface area contributed by atoms with Gasteiger partial charge in [-0.2, -0.15) is 0 Å². The molecule has 4 aromatic rings. The fourth-order valence-corrected chi connectivity index (χ4v) is 4.37. The minimum atomic E-state index is -0.499. The molecule has 4 rings (SSSR count). The van der Waals surface area contributed by atoms with Gasteiger partial charge in [-0.25, -0.2) is 9.37 Å². The molecule has 0 saturated carbocycles. The van der Waals surface area contributed by atoms with E-state index in [0.717, 1.165) is 16.7 Å². The molecule has 0 fully saturated rings. The molecule has 2 aromatic heterocycles. The molecule has 0 aliphatic rings. The maximum Gasteiger partial charge on any atom is 0.262 e. The number of anilines is 1. The Balaban J connectivity index is 1.50. The third-order valence-corrected chi connectivity index (χ3v) is 6.15. The zero-order valence-corrected chi connectivity index (χ0v) is 19.7. The zero-order chi connectivity index (χ0) is 24.1. The topological polar surface area (TPSA) is 82.4 Å². The Morgan fingerprint density at radius 2 is 1.97 bits per heavy atom. The van der Waals surface area contributed by atoms with Crippen molar-refractivity contribution in [3.8, 4) is 16.9 Å². The van der Waals surface area contributed by atoms with Crippen LogP contribution >= 0.6 is 11.3 Å². The minimum absolute atomic E-state index is 0.00508. The lowest BCUT2D eigenvalue weighted by molar-refractivity contribution is -0.116. The van der Waals surface area contributed by atoms with Gasteiger partial charge in [-0.15, -0.1) is 11.3 Å². The number of rotatable bonds is 9. The summed E-state index contributed by atoms with van der Waals surface area (Å²) in [7, 11) is 1.55. The molecule has 0 radical (unpaired) electrons. The lowest BCUT2D eigenvalue weighted by atomic mass is 10.1. The third kappa shape index (κ3) is 5.32. The lowest BCUT2D eigenvalue weighted by Gasteiger charge is -2.13. The average Bonchev–Trinajstić information content (AvgIpc) is 3.26. The highest BCUT2D eigenvalue weighted by atomic mass is 32.1. The van der Waals surface area contributed by atoms with Crippen molar-refractivity contribution < 1.29 is 18.7 Å². The number of aryl methyl sites for hydroxylation is 2. The van der Waals surface area contributed by atoms with Crippen molar-refractivity contribution in [2.45, 2.75) is 19.9 Å². The van der Waals surface area contributed by atoms with Gasteiger partial charge in [-0.3, -0.25) is 14.2 Å². The van der Waals surface area contributed by atoms with Crippen molar-refractivity contribution in [1.29, 1.82) is 0 Å². The fourth-order valence-electron chi connectivity index (χ4n) is 3.47. The minimum Gasteiger partial charge on any atom is -0.489 e. The Kier molecular flexibility index (Phi) is 7.34. The molecule has 0 spiro atoms. The molecule has 7 nitrogen and oxygen atoms in total. The molecule has 0 unspecified atom stereocenters. The van der Waals surface area contributed by atoms with Crippen LogP contribution in [-0.2, 0) is 16.1 Å². The number of ether oxygens (including phenoxy) is 2. The van der Waals surface area contributed by atoms with E-state index in [-0.39, 0.29) is 36.7 Å². The number of nitrogens with zero attached hydrogens (tertiary/aromatic N) is 2. The van der Waals surface area contributed by atoms with E-state index in [0.29, 0.717) is 22.6 Å². The molecule has 0 aliphatic carbocycles. The summed E-state index contributed by atoms with van der Waals surface area (Å²) < 4.78 is 25.6. The van der Waals surface area contributed by atoms with E-state index >= 15 is 0 Å². The third-order valence-electron chi connectivity index (χ3n) is 5.26. The lowest BCUT2D eigenvalue weighted by Crippen LogP contribution is -2.23. The second-order valence-electron chi connectivity index (χ2n) is 7.72. The Labute approximate surface area is 199 Å². The van der Waals surface area contributed by atoms with Gasteiger partial charge in [-0.1, -0.05) is 29.8 Å². The summed E-state index contributed by atoms with van der Waals surface area (Å²) in [4.78, 5) is 30.8. The number of hydrogen-bond acceptors (Lipinski definition) is 6. The van der Waals surface area contributed by atoms with Gasteiger partial charge >= 0.3 is 0 Å². The van der Waals surface area contributed by atoms with Crippen LogP contribution < -0.4 is 15.6 Å². The molecule has 1 amide bonds. The highest BCUT2D eigenvalue weighted by molar-refractivity contribution is 7.17. The first kappa shape index (κ1) is 23.6. The number of methoxy groups -OCH3 is 1. The first-order valence-corrected chi connectivity index (χ1v) is 11.6. The number of halogens is 1. The molecule has 2 heterocycles. The highest BCUT2D eigenvalue weighted by Gasteiger charge is 2.15. The normalized spacial score (nSPS) is 11.0. The maximum atomic E-state index is 13.7. The number of benzene rings is 2. The van der Waals surface area contributed by atoms with Crippen LogP contribution in [-0.4, -0.2) is 35.8 Å². The van der Waals surface area contributed by atoms with E-state index in [1.54, 1.807) is 7.11 Å². The standard InChI is InChI=1S/C25H24FN3O4S/c1-16-3-5-17(6-4-16)19-14-34-24-23(19)25(31)29(15-27-24)10-9-22(30)28-20-13-18(26)7-8-21(20)33-12-11-32-2/h3-8,13-15H,9-12H2,1-2H3,(H,28,30). The summed E-state index contributed by atoms with van der Waals surface area (Å²) in [5.41, 5.74) is 2.92. The molecule has 0 bridgehead atoms. The smallest absolute Gasteiger partial charge is 0.262 e. The van der Waals surface area contributed by atoms with Gasteiger partial charge in [0.1, 0.15) is 23.0 Å². The van der Waals surface area contributed by atoms with Crippen LogP contribution in [0.4, 0.5) is 10.1 Å². The number of carbonyl (C=O) groups is 1. The largest absolute Gasteiger partial charge is 0.489 e. The second kappa shape index (κ2) is 10.6. The summed E-state index contributed by atoms with van der Waals surface area (Å²) in [5, 5.41) is 5.13. The quantitative estimate of drug-likeness (QED) is 0.353. The number of carbonyl (C=O) groups excluding carboxylic acids is 1. The summed E-state index contributed by atoms with van der Waals surface area (Å²) in [6.45, 7) is 2.76. The molecule has 1 N–H and O–H groups in total. The predicted molar refractivity (Wildman–Crippen MR) is 131 cm³/mol. The molecule has 34 heavy (non-hydrogen) atoms. The SMILES string of the molecule is COCCOc1ccc(F)cc1NC(=O)CCn1cnc2scc(-c3ccc(C)cc3)c2c1=O. The number of aromatic nitrogens is 2. The zero-order valence-electron chi connectivity index (χ0n) is 18.8. The Hall–Kier alpha value is -3.56. The van der Waals surface area contributed by atoms with Gasteiger partial charge in [-0.05, 0) is 24.6 Å². The summed E-state index contributed by atoms with van der Waals surface area (Å²) in [6, 6.07) is 11.9. The van der Waals surface area contributed by atoms with Crippen LogP contribution in [0, 0.1) is 12.7 Å². The van der Waals surface area contributed by atoms with Crippen LogP contribution in [0.3, 0.4) is 0 Å². The van der Waals surface area contributed by atoms with E-state index in [9.17, 15) is 14.0 Å². The van der Waals surface area contributed by atoms with Crippen LogP contribution in [0.15, 0.2) is 59.0 Å². The Morgan fingerprint density at radius 3 is 2.74 bits per heavy atom. The van der Waals surface area contributed by atoms with E-state index in [1.807, 2.05) is 36.6 Å². The predicted octanol–water partition coefficient (Wildman–Crippen LogP) is 4.63. The van der Waals surface area contributed by atoms with Crippen LogP contribution in [0.5, 0.6) is 5.75 Å². The Morgan fingerprint density at radius 1 is 1.18 bits per heavy atom. The number of nitrogens with one attached hydrogen (secondary N) is 1. The van der Waals surface area contributed by atoms with Gasteiger partial charge in [0.05, 0.1) is 24.0 Å². The summed E-state index contributed by atoms with van der Waals surface area (Å²) in [5.74, 6) is -0.535. The van der Waals surface area contributed by atoms with Crippen molar-refractivity contribution in [3.63, 3.8) is 0 Å². The van der Waals surface area contributed by atoms with E-state index in [4.69, 9.17) is 9.47 Å². The highest BCUT2D eigenvalue weighted by Crippen LogP contribution is 2.31. The number of hydrogen-bond donors (Lipinski definition) is 1. The molecule has 2 aromatic carbocycles. The molecular formula is C25H24FN3O4S. The molecular weight excluding hydrogens is 457 g/mol. The van der Waals surface area contributed by atoms with Crippen LogP contribution in [0.2, 0.25) is 0 Å². The van der Waals surface area contributed by atoms with E-state index < -0.39 is 5.82 Å². The van der Waals surface area contributed by atoms with Gasteiger partial charge < -0.3 is 14.8 Å². The molecule has 0 saturated heterocycles. The molecule has 176 valence electrons. The van der Waals surface area contributed by atoms with Gasteiger partial charge in [0.25, 0.3) is 5.56 Å². The first-order chi connectivity index (χ1) is 16.5. The van der Waals surface area contributed by atoms with Crippen LogP contribution in [0.1, 0.15) is 12.0 Å². The fraction of sp³-hybridized carbons (Fsp3) is 0.240. The average molecular weight is 482 g/mol. The molecule has 0 atom stereocenters. The number of fused-ring (bicyclic) bond motifs is 1.